The molecule has 0 saturated heterocycles. The first-order valence-electron chi connectivity index (χ1n) is 4.80. The highest BCUT2D eigenvalue weighted by atomic mass is 32.1. The van der Waals surface area contributed by atoms with Gasteiger partial charge in [-0.2, -0.15) is 0 Å². The van der Waals surface area contributed by atoms with E-state index >= 15 is 0 Å². The van der Waals surface area contributed by atoms with Gasteiger partial charge in [0, 0.05) is 11.4 Å². The number of rotatable bonds is 3. The Balaban J connectivity index is 2.07. The van der Waals surface area contributed by atoms with Gasteiger partial charge in [-0.15, -0.1) is 11.3 Å². The Bertz CT molecular complexity index is 272. The minimum atomic E-state index is 0.295. The van der Waals surface area contributed by atoms with Crippen LogP contribution in [0.3, 0.4) is 0 Å². The molecule has 13 heavy (non-hydrogen) atoms. The predicted molar refractivity (Wildman–Crippen MR) is 55.3 cm³/mol. The second-order valence-electron chi connectivity index (χ2n) is 3.23. The quantitative estimate of drug-likeness (QED) is 0.800. The molecule has 3 heteroatoms. The van der Waals surface area contributed by atoms with Crippen LogP contribution in [0.5, 0.6) is 0 Å². The summed E-state index contributed by atoms with van der Waals surface area (Å²) in [5, 5.41) is 5.50. The fraction of sp³-hybridized carbons (Fsp3) is 0.600. The lowest BCUT2D eigenvalue weighted by Crippen LogP contribution is -2.26. The Labute approximate surface area is 82.9 Å². The van der Waals surface area contributed by atoms with Gasteiger partial charge in [-0.05, 0) is 30.0 Å². The van der Waals surface area contributed by atoms with Crippen LogP contribution in [0.25, 0.3) is 0 Å². The summed E-state index contributed by atoms with van der Waals surface area (Å²) in [5.41, 5.74) is 1.49. The molecule has 1 N–H and O–H groups in total. The number of likely N-dealkylation sites (N-methyl/N-ethyl adjacent to an activating group) is 1. The Morgan fingerprint density at radius 1 is 1.69 bits per heavy atom. The normalized spacial score (nSPS) is 21.5. The van der Waals surface area contributed by atoms with Crippen molar-refractivity contribution in [1.29, 1.82) is 0 Å². The molecule has 1 aliphatic rings. The Kier molecular flexibility index (Phi) is 2.98. The van der Waals surface area contributed by atoms with Crippen LogP contribution in [0, 0.1) is 0 Å². The topological polar surface area (TPSA) is 21.3 Å². The summed E-state index contributed by atoms with van der Waals surface area (Å²) in [7, 11) is 0. The third-order valence-electron chi connectivity index (χ3n) is 2.34. The molecular formula is C10H15NOS. The van der Waals surface area contributed by atoms with Crippen LogP contribution in [-0.4, -0.2) is 19.7 Å². The monoisotopic (exact) mass is 197 g/mol. The lowest BCUT2D eigenvalue weighted by molar-refractivity contribution is 0.0459. The van der Waals surface area contributed by atoms with Gasteiger partial charge < -0.3 is 10.1 Å². The van der Waals surface area contributed by atoms with Crippen molar-refractivity contribution in [3.8, 4) is 0 Å². The Morgan fingerprint density at radius 3 is 3.46 bits per heavy atom. The first-order valence-corrected chi connectivity index (χ1v) is 5.68. The van der Waals surface area contributed by atoms with Crippen molar-refractivity contribution in [3.05, 3.63) is 21.9 Å². The van der Waals surface area contributed by atoms with Crippen molar-refractivity contribution in [3.63, 3.8) is 0 Å². The number of hydrogen-bond acceptors (Lipinski definition) is 3. The van der Waals surface area contributed by atoms with Gasteiger partial charge in [-0.3, -0.25) is 0 Å². The van der Waals surface area contributed by atoms with Crippen LogP contribution in [0.4, 0.5) is 0 Å². The van der Waals surface area contributed by atoms with Crippen molar-refractivity contribution < 1.29 is 4.74 Å². The van der Waals surface area contributed by atoms with Gasteiger partial charge in [0.1, 0.15) is 6.10 Å². The standard InChI is InChI=1S/C10H15NOS/c1-2-11-7-9-10-8(3-5-12-9)4-6-13-10/h4,6,9,11H,2-3,5,7H2,1H3. The maximum Gasteiger partial charge on any atom is 0.104 e. The molecular weight excluding hydrogens is 182 g/mol. The number of hydrogen-bond donors (Lipinski definition) is 1. The maximum absolute atomic E-state index is 5.71. The fourth-order valence-electron chi connectivity index (χ4n) is 1.65. The molecule has 1 aromatic rings. The van der Waals surface area contributed by atoms with Crippen molar-refractivity contribution in [2.24, 2.45) is 0 Å². The Hall–Kier alpha value is -0.380. The second kappa shape index (κ2) is 4.22. The zero-order chi connectivity index (χ0) is 9.10. The predicted octanol–water partition coefficient (Wildman–Crippen LogP) is 1.97. The fourth-order valence-corrected chi connectivity index (χ4v) is 2.65. The van der Waals surface area contributed by atoms with E-state index in [0.29, 0.717) is 6.10 Å². The number of ether oxygens (including phenoxy) is 1. The van der Waals surface area contributed by atoms with Gasteiger partial charge >= 0.3 is 0 Å². The summed E-state index contributed by atoms with van der Waals surface area (Å²) in [6, 6.07) is 2.22. The molecule has 0 bridgehead atoms. The largest absolute Gasteiger partial charge is 0.371 e. The number of nitrogens with one attached hydrogen (secondary N) is 1. The lowest BCUT2D eigenvalue weighted by atomic mass is 10.1. The molecule has 2 heterocycles. The minimum absolute atomic E-state index is 0.295. The molecule has 0 aliphatic carbocycles. The van der Waals surface area contributed by atoms with E-state index in [0.717, 1.165) is 26.1 Å². The van der Waals surface area contributed by atoms with E-state index in [1.807, 2.05) is 11.3 Å². The summed E-state index contributed by atoms with van der Waals surface area (Å²) in [5.74, 6) is 0. The Morgan fingerprint density at radius 2 is 2.62 bits per heavy atom. The summed E-state index contributed by atoms with van der Waals surface area (Å²) < 4.78 is 5.71. The highest BCUT2D eigenvalue weighted by molar-refractivity contribution is 7.10. The molecule has 0 saturated carbocycles. The van der Waals surface area contributed by atoms with E-state index in [1.165, 1.54) is 10.4 Å². The summed E-state index contributed by atoms with van der Waals surface area (Å²) in [6.07, 6.45) is 1.38. The van der Waals surface area contributed by atoms with Crippen LogP contribution < -0.4 is 5.32 Å². The van der Waals surface area contributed by atoms with Gasteiger partial charge in [-0.25, -0.2) is 0 Å². The second-order valence-corrected chi connectivity index (χ2v) is 4.17. The van der Waals surface area contributed by atoms with E-state index in [9.17, 15) is 0 Å². The van der Waals surface area contributed by atoms with Crippen molar-refractivity contribution in [2.75, 3.05) is 19.7 Å². The van der Waals surface area contributed by atoms with E-state index in [1.54, 1.807) is 0 Å². The highest BCUT2D eigenvalue weighted by Crippen LogP contribution is 2.30. The molecule has 0 fully saturated rings. The third kappa shape index (κ3) is 1.93. The van der Waals surface area contributed by atoms with E-state index in [4.69, 9.17) is 4.74 Å². The maximum atomic E-state index is 5.71. The van der Waals surface area contributed by atoms with Gasteiger partial charge in [0.15, 0.2) is 0 Å². The lowest BCUT2D eigenvalue weighted by Gasteiger charge is -2.23. The average Bonchev–Trinajstić information content (AvgIpc) is 2.62. The number of fused-ring (bicyclic) bond motifs is 1. The van der Waals surface area contributed by atoms with Gasteiger partial charge in [0.25, 0.3) is 0 Å². The average molecular weight is 197 g/mol. The molecule has 0 radical (unpaired) electrons. The molecule has 1 aliphatic heterocycles. The molecule has 1 atom stereocenters. The van der Waals surface area contributed by atoms with Crippen LogP contribution in [-0.2, 0) is 11.2 Å². The van der Waals surface area contributed by atoms with E-state index in [-0.39, 0.29) is 0 Å². The molecule has 2 nitrogen and oxygen atoms in total. The molecule has 1 unspecified atom stereocenters. The van der Waals surface area contributed by atoms with E-state index < -0.39 is 0 Å². The first-order chi connectivity index (χ1) is 6.42. The van der Waals surface area contributed by atoms with Crippen molar-refractivity contribution in [1.82, 2.24) is 5.32 Å². The van der Waals surface area contributed by atoms with Gasteiger partial charge in [0.2, 0.25) is 0 Å². The van der Waals surface area contributed by atoms with Gasteiger partial charge in [0.05, 0.1) is 6.61 Å². The van der Waals surface area contributed by atoms with Crippen molar-refractivity contribution in [2.45, 2.75) is 19.4 Å². The van der Waals surface area contributed by atoms with Crippen LogP contribution in [0.1, 0.15) is 23.5 Å². The smallest absolute Gasteiger partial charge is 0.104 e. The minimum Gasteiger partial charge on any atom is -0.371 e. The summed E-state index contributed by atoms with van der Waals surface area (Å²) in [4.78, 5) is 1.42. The van der Waals surface area contributed by atoms with E-state index in [2.05, 4.69) is 23.7 Å². The number of thiophene rings is 1. The van der Waals surface area contributed by atoms with Gasteiger partial charge in [-0.1, -0.05) is 6.92 Å². The zero-order valence-electron chi connectivity index (χ0n) is 7.88. The zero-order valence-corrected chi connectivity index (χ0v) is 8.69. The SMILES string of the molecule is CCNCC1OCCc2ccsc21. The first kappa shape index (κ1) is 9.19. The summed E-state index contributed by atoms with van der Waals surface area (Å²) >= 11 is 1.82. The molecule has 0 spiro atoms. The molecule has 1 aromatic heterocycles. The highest BCUT2D eigenvalue weighted by Gasteiger charge is 2.21. The van der Waals surface area contributed by atoms with Crippen LogP contribution in [0.15, 0.2) is 11.4 Å². The molecule has 0 aromatic carbocycles. The molecule has 2 rings (SSSR count). The van der Waals surface area contributed by atoms with Crippen molar-refractivity contribution >= 4 is 11.3 Å². The third-order valence-corrected chi connectivity index (χ3v) is 3.39. The molecule has 72 valence electrons. The van der Waals surface area contributed by atoms with Crippen LogP contribution in [0.2, 0.25) is 0 Å². The molecule has 0 amide bonds. The summed E-state index contributed by atoms with van der Waals surface area (Å²) in [6.45, 7) is 4.96. The van der Waals surface area contributed by atoms with Crippen LogP contribution >= 0.6 is 11.3 Å².